The second kappa shape index (κ2) is 10.5. The molecule has 8 nitrogen and oxygen atoms in total. The SMILES string of the molecule is Cc1ncnc(C)c1C(=O)N1CC2=CN(CCC(c3ccccc3)C3CCN(S(C)(=O)=O)CC3)CC2C1. The number of amides is 1. The van der Waals surface area contributed by atoms with Crippen molar-refractivity contribution in [2.75, 3.05) is 45.5 Å². The predicted molar refractivity (Wildman–Crippen MR) is 143 cm³/mol. The quantitative estimate of drug-likeness (QED) is 0.554. The molecule has 37 heavy (non-hydrogen) atoms. The molecule has 5 rings (SSSR count). The van der Waals surface area contributed by atoms with Crippen molar-refractivity contribution in [3.8, 4) is 0 Å². The average molecular weight is 524 g/mol. The first-order chi connectivity index (χ1) is 17.7. The molecule has 2 atom stereocenters. The first kappa shape index (κ1) is 25.9. The number of sulfonamides is 1. The molecular formula is C28H37N5O3S. The summed E-state index contributed by atoms with van der Waals surface area (Å²) in [4.78, 5) is 26.0. The minimum absolute atomic E-state index is 0.0297. The zero-order valence-electron chi connectivity index (χ0n) is 22.0. The van der Waals surface area contributed by atoms with E-state index in [1.165, 1.54) is 23.7 Å². The van der Waals surface area contributed by atoms with Crippen LogP contribution >= 0.6 is 0 Å². The standard InChI is InChI=1S/C28H37N5O3S/c1-20-27(21(2)30-19-29-20)28(34)32-17-24-15-31(16-25(24)18-32)12-11-26(22-7-5-4-6-8-22)23-9-13-33(14-10-23)37(3,35)36/h4-8,15,19,23,25-26H,9-14,16-18H2,1-3H3. The molecule has 0 aliphatic carbocycles. The van der Waals surface area contributed by atoms with Crippen LogP contribution in [0.4, 0.5) is 0 Å². The van der Waals surface area contributed by atoms with E-state index in [0.29, 0.717) is 43.0 Å². The number of nitrogens with zero attached hydrogens (tertiary/aromatic N) is 5. The van der Waals surface area contributed by atoms with Crippen LogP contribution in [-0.4, -0.2) is 83.9 Å². The summed E-state index contributed by atoms with van der Waals surface area (Å²) in [5, 5.41) is 0. The fraction of sp³-hybridized carbons (Fsp3) is 0.536. The number of hydrogen-bond acceptors (Lipinski definition) is 6. The van der Waals surface area contributed by atoms with E-state index >= 15 is 0 Å². The van der Waals surface area contributed by atoms with Crippen molar-refractivity contribution in [1.82, 2.24) is 24.1 Å². The van der Waals surface area contributed by atoms with E-state index in [4.69, 9.17) is 0 Å². The third-order valence-corrected chi connectivity index (χ3v) is 9.66. The first-order valence-corrected chi connectivity index (χ1v) is 15.1. The summed E-state index contributed by atoms with van der Waals surface area (Å²) in [6, 6.07) is 10.7. The van der Waals surface area contributed by atoms with Gasteiger partial charge in [0.15, 0.2) is 0 Å². The summed E-state index contributed by atoms with van der Waals surface area (Å²) in [6.45, 7) is 8.26. The number of likely N-dealkylation sites (tertiary alicyclic amines) is 1. The molecule has 9 heteroatoms. The second-order valence-electron chi connectivity index (χ2n) is 10.8. The van der Waals surface area contributed by atoms with E-state index in [9.17, 15) is 13.2 Å². The minimum atomic E-state index is -3.12. The highest BCUT2D eigenvalue weighted by Gasteiger charge is 2.37. The van der Waals surface area contributed by atoms with Gasteiger partial charge >= 0.3 is 0 Å². The molecular weight excluding hydrogens is 486 g/mol. The minimum Gasteiger partial charge on any atom is -0.377 e. The van der Waals surface area contributed by atoms with E-state index in [-0.39, 0.29) is 5.91 Å². The number of rotatable bonds is 7. The summed E-state index contributed by atoms with van der Waals surface area (Å²) >= 11 is 0. The van der Waals surface area contributed by atoms with Gasteiger partial charge in [0.2, 0.25) is 10.0 Å². The largest absolute Gasteiger partial charge is 0.377 e. The Morgan fingerprint density at radius 3 is 2.35 bits per heavy atom. The Bertz CT molecular complexity index is 1250. The molecule has 0 saturated carbocycles. The molecule has 1 aromatic carbocycles. The van der Waals surface area contributed by atoms with Gasteiger partial charge in [-0.2, -0.15) is 0 Å². The van der Waals surface area contributed by atoms with E-state index in [2.05, 4.69) is 51.4 Å². The van der Waals surface area contributed by atoms with Crippen molar-refractivity contribution < 1.29 is 13.2 Å². The molecule has 3 aliphatic rings. The zero-order valence-corrected chi connectivity index (χ0v) is 22.8. The maximum Gasteiger partial charge on any atom is 0.257 e. The molecule has 2 unspecified atom stereocenters. The van der Waals surface area contributed by atoms with Crippen LogP contribution in [0.3, 0.4) is 0 Å². The van der Waals surface area contributed by atoms with Crippen molar-refractivity contribution in [3.05, 3.63) is 70.9 Å². The number of aromatic nitrogens is 2. The van der Waals surface area contributed by atoms with Crippen LogP contribution in [0.25, 0.3) is 0 Å². The Morgan fingerprint density at radius 2 is 1.73 bits per heavy atom. The molecule has 1 aromatic heterocycles. The number of fused-ring (bicyclic) bond motifs is 1. The average Bonchev–Trinajstić information content (AvgIpc) is 3.44. The Kier molecular flexibility index (Phi) is 7.36. The lowest BCUT2D eigenvalue weighted by Crippen LogP contribution is -2.39. The summed E-state index contributed by atoms with van der Waals surface area (Å²) in [6.07, 6.45) is 7.92. The van der Waals surface area contributed by atoms with Gasteiger partial charge in [-0.25, -0.2) is 22.7 Å². The molecule has 2 aromatic rings. The smallest absolute Gasteiger partial charge is 0.257 e. The molecule has 0 spiro atoms. The normalized spacial score (nSPS) is 21.7. The Hall–Kier alpha value is -2.78. The maximum atomic E-state index is 13.2. The van der Waals surface area contributed by atoms with Gasteiger partial charge in [-0.15, -0.1) is 0 Å². The highest BCUT2D eigenvalue weighted by molar-refractivity contribution is 7.88. The van der Waals surface area contributed by atoms with Crippen molar-refractivity contribution in [2.24, 2.45) is 11.8 Å². The van der Waals surface area contributed by atoms with Gasteiger partial charge in [-0.1, -0.05) is 30.3 Å². The third kappa shape index (κ3) is 5.57. The summed E-state index contributed by atoms with van der Waals surface area (Å²) in [5.41, 5.74) is 4.78. The van der Waals surface area contributed by atoms with Gasteiger partial charge in [0.05, 0.1) is 23.2 Å². The lowest BCUT2D eigenvalue weighted by atomic mass is 9.78. The zero-order chi connectivity index (χ0) is 26.2. The third-order valence-electron chi connectivity index (χ3n) is 8.36. The molecule has 0 N–H and O–H groups in total. The van der Waals surface area contributed by atoms with Crippen LogP contribution in [0.1, 0.15) is 52.5 Å². The fourth-order valence-corrected chi connectivity index (χ4v) is 7.22. The highest BCUT2D eigenvalue weighted by Crippen LogP contribution is 2.37. The predicted octanol–water partition coefficient (Wildman–Crippen LogP) is 3.21. The summed E-state index contributed by atoms with van der Waals surface area (Å²) in [7, 11) is -3.12. The van der Waals surface area contributed by atoms with Crippen molar-refractivity contribution >= 4 is 15.9 Å². The molecule has 198 valence electrons. The summed E-state index contributed by atoms with van der Waals surface area (Å²) < 4.78 is 25.6. The molecule has 0 radical (unpaired) electrons. The first-order valence-electron chi connectivity index (χ1n) is 13.2. The Morgan fingerprint density at radius 1 is 1.05 bits per heavy atom. The van der Waals surface area contributed by atoms with Crippen LogP contribution in [0.15, 0.2) is 48.4 Å². The fourth-order valence-electron chi connectivity index (χ4n) is 6.35. The lowest BCUT2D eigenvalue weighted by molar-refractivity contribution is 0.0782. The van der Waals surface area contributed by atoms with Gasteiger partial charge in [-0.05, 0) is 56.1 Å². The lowest BCUT2D eigenvalue weighted by Gasteiger charge is -2.36. The maximum absolute atomic E-state index is 13.2. The van der Waals surface area contributed by atoms with E-state index < -0.39 is 10.0 Å². The number of benzene rings is 1. The number of carbonyl (C=O) groups is 1. The molecule has 1 amide bonds. The van der Waals surface area contributed by atoms with Crippen LogP contribution in [0, 0.1) is 25.7 Å². The van der Waals surface area contributed by atoms with Crippen LogP contribution in [0.2, 0.25) is 0 Å². The van der Waals surface area contributed by atoms with Gasteiger partial charge < -0.3 is 9.80 Å². The van der Waals surface area contributed by atoms with Gasteiger partial charge in [0.1, 0.15) is 6.33 Å². The van der Waals surface area contributed by atoms with Crippen molar-refractivity contribution in [2.45, 2.75) is 39.0 Å². The molecule has 3 aliphatic heterocycles. The highest BCUT2D eigenvalue weighted by atomic mass is 32.2. The van der Waals surface area contributed by atoms with E-state index in [1.807, 2.05) is 18.7 Å². The van der Waals surface area contributed by atoms with E-state index in [1.54, 1.807) is 4.31 Å². The van der Waals surface area contributed by atoms with Gasteiger partial charge in [-0.3, -0.25) is 4.79 Å². The molecule has 4 heterocycles. The van der Waals surface area contributed by atoms with E-state index in [0.717, 1.165) is 50.3 Å². The Labute approximate surface area is 220 Å². The Balaban J connectivity index is 1.22. The van der Waals surface area contributed by atoms with Crippen molar-refractivity contribution in [1.29, 1.82) is 0 Å². The van der Waals surface area contributed by atoms with Crippen molar-refractivity contribution in [3.63, 3.8) is 0 Å². The van der Waals surface area contributed by atoms with Crippen LogP contribution in [0.5, 0.6) is 0 Å². The second-order valence-corrected chi connectivity index (χ2v) is 12.8. The number of hydrogen-bond donors (Lipinski definition) is 0. The molecule has 0 bridgehead atoms. The number of carbonyl (C=O) groups excluding carboxylic acids is 1. The topological polar surface area (TPSA) is 86.7 Å². The summed E-state index contributed by atoms with van der Waals surface area (Å²) in [5.74, 6) is 1.29. The van der Waals surface area contributed by atoms with Crippen LogP contribution < -0.4 is 0 Å². The number of piperidine rings is 1. The molecule has 2 fully saturated rings. The monoisotopic (exact) mass is 523 g/mol. The van der Waals surface area contributed by atoms with Gasteiger partial charge in [0, 0.05) is 51.4 Å². The van der Waals surface area contributed by atoms with Gasteiger partial charge in [0.25, 0.3) is 5.91 Å². The van der Waals surface area contributed by atoms with Crippen LogP contribution in [-0.2, 0) is 10.0 Å². The molecule has 2 saturated heterocycles. The number of aryl methyl sites for hydroxylation is 2.